The van der Waals surface area contributed by atoms with Crippen LogP contribution in [0.4, 0.5) is 5.69 Å². The minimum atomic E-state index is -0.453. The van der Waals surface area contributed by atoms with Crippen LogP contribution in [-0.4, -0.2) is 10.8 Å². The molecule has 0 aliphatic carbocycles. The molecule has 3 rings (SSSR count). The predicted octanol–water partition coefficient (Wildman–Crippen LogP) is 4.43. The van der Waals surface area contributed by atoms with Crippen molar-refractivity contribution in [2.45, 2.75) is 19.9 Å². The summed E-state index contributed by atoms with van der Waals surface area (Å²) < 4.78 is 0. The first kappa shape index (κ1) is 18.3. The molecule has 0 unspecified atom stereocenters. The number of carbonyl (C=O) groups is 1. The molecule has 1 N–H and O–H groups in total. The molecule has 0 bridgehead atoms. The number of carbonyl (C=O) groups excluding carboxylic acids is 1. The Balaban J connectivity index is 1.60. The number of nitrogens with zero attached hydrogens (tertiary/aromatic N) is 1. The molecule has 5 nitrogen and oxygen atoms in total. The number of amides is 1. The van der Waals surface area contributed by atoms with Gasteiger partial charge in [0.1, 0.15) is 0 Å². The van der Waals surface area contributed by atoms with E-state index in [-0.39, 0.29) is 18.0 Å². The van der Waals surface area contributed by atoms with Crippen LogP contribution in [0.5, 0.6) is 0 Å². The molecule has 0 aliphatic heterocycles. The smallest absolute Gasteiger partial charge is 0.269 e. The molecule has 0 radical (unpaired) electrons. The molecule has 0 spiro atoms. The first-order valence-corrected chi connectivity index (χ1v) is 8.67. The number of nitrogens with one attached hydrogen (secondary N) is 1. The highest BCUT2D eigenvalue weighted by Gasteiger charge is 2.08. The molecule has 0 atom stereocenters. The van der Waals surface area contributed by atoms with Gasteiger partial charge in [0.15, 0.2) is 0 Å². The summed E-state index contributed by atoms with van der Waals surface area (Å²) in [5, 5.41) is 13.6. The highest BCUT2D eigenvalue weighted by Crippen LogP contribution is 2.21. The third-order valence-electron chi connectivity index (χ3n) is 4.28. The van der Waals surface area contributed by atoms with Gasteiger partial charge >= 0.3 is 0 Å². The van der Waals surface area contributed by atoms with Crippen molar-refractivity contribution in [1.29, 1.82) is 0 Å². The number of aryl methyl sites for hydroxylation is 1. The molecule has 0 aromatic heterocycles. The average molecular weight is 360 g/mol. The Morgan fingerprint density at radius 1 is 0.926 bits per heavy atom. The lowest BCUT2D eigenvalue weighted by Gasteiger charge is -2.08. The van der Waals surface area contributed by atoms with Crippen LogP contribution in [0.1, 0.15) is 16.7 Å². The number of hydrogen-bond acceptors (Lipinski definition) is 3. The Morgan fingerprint density at radius 2 is 1.59 bits per heavy atom. The summed E-state index contributed by atoms with van der Waals surface area (Å²) in [4.78, 5) is 22.4. The maximum Gasteiger partial charge on any atom is 0.269 e. The molecular formula is C22H20N2O3. The summed E-state index contributed by atoms with van der Waals surface area (Å²) in [7, 11) is 0. The highest BCUT2D eigenvalue weighted by molar-refractivity contribution is 5.78. The summed E-state index contributed by atoms with van der Waals surface area (Å²) in [6.45, 7) is 2.50. The van der Waals surface area contributed by atoms with Gasteiger partial charge < -0.3 is 5.32 Å². The molecule has 0 fully saturated rings. The molecule has 0 saturated heterocycles. The molecule has 5 heteroatoms. The van der Waals surface area contributed by atoms with Crippen LogP contribution < -0.4 is 5.32 Å². The summed E-state index contributed by atoms with van der Waals surface area (Å²) in [5.74, 6) is -0.121. The SMILES string of the molecule is Cc1cccc(-c2cccc(CNC(=O)Cc3ccc([N+](=O)[O-])cc3)c2)c1. The minimum absolute atomic E-state index is 0.0205. The lowest BCUT2D eigenvalue weighted by molar-refractivity contribution is -0.384. The van der Waals surface area contributed by atoms with E-state index in [2.05, 4.69) is 42.6 Å². The summed E-state index contributed by atoms with van der Waals surface area (Å²) in [5.41, 5.74) is 5.24. The van der Waals surface area contributed by atoms with Crippen molar-refractivity contribution < 1.29 is 9.72 Å². The first-order valence-electron chi connectivity index (χ1n) is 8.67. The topological polar surface area (TPSA) is 72.2 Å². The standard InChI is InChI=1S/C22H20N2O3/c1-16-4-2-6-19(12-16)20-7-3-5-18(13-20)15-23-22(25)14-17-8-10-21(11-9-17)24(26)27/h2-13H,14-15H2,1H3,(H,23,25). The maximum absolute atomic E-state index is 12.2. The zero-order valence-electron chi connectivity index (χ0n) is 15.0. The third kappa shape index (κ3) is 5.01. The van der Waals surface area contributed by atoms with Crippen LogP contribution >= 0.6 is 0 Å². The fourth-order valence-corrected chi connectivity index (χ4v) is 2.87. The van der Waals surface area contributed by atoms with Crippen molar-refractivity contribution in [3.8, 4) is 11.1 Å². The van der Waals surface area contributed by atoms with Gasteiger partial charge in [-0.15, -0.1) is 0 Å². The molecule has 136 valence electrons. The van der Waals surface area contributed by atoms with E-state index in [1.165, 1.54) is 17.7 Å². The lowest BCUT2D eigenvalue weighted by Crippen LogP contribution is -2.24. The molecule has 27 heavy (non-hydrogen) atoms. The van der Waals surface area contributed by atoms with Crippen molar-refractivity contribution in [3.63, 3.8) is 0 Å². The molecule has 0 saturated carbocycles. The number of nitro benzene ring substituents is 1. The van der Waals surface area contributed by atoms with E-state index in [1.54, 1.807) is 12.1 Å². The van der Waals surface area contributed by atoms with E-state index < -0.39 is 4.92 Å². The van der Waals surface area contributed by atoms with Gasteiger partial charge in [-0.25, -0.2) is 0 Å². The largest absolute Gasteiger partial charge is 0.352 e. The van der Waals surface area contributed by atoms with E-state index in [1.807, 2.05) is 18.2 Å². The van der Waals surface area contributed by atoms with Gasteiger partial charge in [0.2, 0.25) is 5.91 Å². The van der Waals surface area contributed by atoms with E-state index in [0.29, 0.717) is 6.54 Å². The second-order valence-corrected chi connectivity index (χ2v) is 6.45. The lowest BCUT2D eigenvalue weighted by atomic mass is 10.0. The fourth-order valence-electron chi connectivity index (χ4n) is 2.87. The van der Waals surface area contributed by atoms with Gasteiger partial charge in [-0.05, 0) is 35.2 Å². The van der Waals surface area contributed by atoms with Crippen LogP contribution in [0, 0.1) is 17.0 Å². The Kier molecular flexibility index (Phi) is 5.61. The minimum Gasteiger partial charge on any atom is -0.352 e. The second-order valence-electron chi connectivity index (χ2n) is 6.45. The van der Waals surface area contributed by atoms with E-state index in [9.17, 15) is 14.9 Å². The monoisotopic (exact) mass is 360 g/mol. The van der Waals surface area contributed by atoms with Gasteiger partial charge in [-0.1, -0.05) is 60.2 Å². The molecule has 3 aromatic rings. The van der Waals surface area contributed by atoms with Crippen molar-refractivity contribution in [1.82, 2.24) is 5.32 Å². The summed E-state index contributed by atoms with van der Waals surface area (Å²) >= 11 is 0. The van der Waals surface area contributed by atoms with Gasteiger partial charge in [0.05, 0.1) is 11.3 Å². The Bertz CT molecular complexity index is 965. The maximum atomic E-state index is 12.2. The third-order valence-corrected chi connectivity index (χ3v) is 4.28. The van der Waals surface area contributed by atoms with Crippen LogP contribution in [0.3, 0.4) is 0 Å². The van der Waals surface area contributed by atoms with Gasteiger partial charge in [0.25, 0.3) is 5.69 Å². The van der Waals surface area contributed by atoms with Crippen LogP contribution in [0.25, 0.3) is 11.1 Å². The summed E-state index contributed by atoms with van der Waals surface area (Å²) in [6.07, 6.45) is 0.190. The number of rotatable bonds is 6. The van der Waals surface area contributed by atoms with Gasteiger partial charge in [0, 0.05) is 18.7 Å². The fraction of sp³-hybridized carbons (Fsp3) is 0.136. The van der Waals surface area contributed by atoms with E-state index in [0.717, 1.165) is 22.3 Å². The summed E-state index contributed by atoms with van der Waals surface area (Å²) in [6, 6.07) is 22.4. The van der Waals surface area contributed by atoms with Crippen molar-refractivity contribution in [3.05, 3.63) is 99.6 Å². The second kappa shape index (κ2) is 8.27. The molecule has 3 aromatic carbocycles. The van der Waals surface area contributed by atoms with Crippen LogP contribution in [-0.2, 0) is 17.8 Å². The molecule has 1 amide bonds. The normalized spacial score (nSPS) is 10.4. The molecule has 0 heterocycles. The Labute approximate surface area is 157 Å². The highest BCUT2D eigenvalue weighted by atomic mass is 16.6. The van der Waals surface area contributed by atoms with Crippen molar-refractivity contribution >= 4 is 11.6 Å². The van der Waals surface area contributed by atoms with Crippen LogP contribution in [0.2, 0.25) is 0 Å². The zero-order chi connectivity index (χ0) is 19.2. The molecular weight excluding hydrogens is 340 g/mol. The Morgan fingerprint density at radius 3 is 2.26 bits per heavy atom. The number of non-ortho nitro benzene ring substituents is 1. The number of benzene rings is 3. The number of hydrogen-bond donors (Lipinski definition) is 1. The first-order chi connectivity index (χ1) is 13.0. The zero-order valence-corrected chi connectivity index (χ0v) is 15.0. The van der Waals surface area contributed by atoms with Crippen molar-refractivity contribution in [2.75, 3.05) is 0 Å². The van der Waals surface area contributed by atoms with Gasteiger partial charge in [-0.2, -0.15) is 0 Å². The van der Waals surface area contributed by atoms with Crippen LogP contribution in [0.15, 0.2) is 72.8 Å². The van der Waals surface area contributed by atoms with E-state index >= 15 is 0 Å². The predicted molar refractivity (Wildman–Crippen MR) is 105 cm³/mol. The average Bonchev–Trinajstić information content (AvgIpc) is 2.67. The van der Waals surface area contributed by atoms with Crippen molar-refractivity contribution in [2.24, 2.45) is 0 Å². The molecule has 0 aliphatic rings. The van der Waals surface area contributed by atoms with E-state index in [4.69, 9.17) is 0 Å². The quantitative estimate of drug-likeness (QED) is 0.522. The Hall–Kier alpha value is -3.47. The number of nitro groups is 1. The van der Waals surface area contributed by atoms with Gasteiger partial charge in [-0.3, -0.25) is 14.9 Å².